The van der Waals surface area contributed by atoms with Crippen LogP contribution in [0, 0.1) is 26.7 Å². The van der Waals surface area contributed by atoms with Crippen LogP contribution in [-0.4, -0.2) is 52.3 Å². The van der Waals surface area contributed by atoms with E-state index in [-0.39, 0.29) is 17.7 Å². The van der Waals surface area contributed by atoms with E-state index in [4.69, 9.17) is 0 Å². The van der Waals surface area contributed by atoms with Crippen LogP contribution in [-0.2, 0) is 4.79 Å². The Kier molecular flexibility index (Phi) is 6.25. The van der Waals surface area contributed by atoms with Crippen LogP contribution in [0.4, 0.5) is 11.4 Å². The highest BCUT2D eigenvalue weighted by Gasteiger charge is 2.31. The molecule has 2 aromatic heterocycles. The topological polar surface area (TPSA) is 78.4 Å². The molecule has 2 fully saturated rings. The van der Waals surface area contributed by atoms with E-state index in [1.54, 1.807) is 6.20 Å². The monoisotopic (exact) mass is 477 g/mol. The molecule has 7 nitrogen and oxygen atoms in total. The first kappa shape index (κ1) is 22.8. The molecule has 3 aromatic rings. The Labute approximate surface area is 204 Å². The minimum atomic E-state index is -0.0482. The number of fused-ring (bicyclic) bond motifs is 1. The van der Waals surface area contributed by atoms with E-state index in [1.807, 2.05) is 30.9 Å². The molecule has 2 aliphatic rings. The number of likely N-dealkylation sites (tertiary alicyclic amines) is 1. The van der Waals surface area contributed by atoms with Gasteiger partial charge in [0.15, 0.2) is 0 Å². The summed E-state index contributed by atoms with van der Waals surface area (Å²) in [5.41, 5.74) is 5.69. The lowest BCUT2D eigenvalue weighted by molar-refractivity contribution is -0.120. The second kappa shape index (κ2) is 9.33. The van der Waals surface area contributed by atoms with Gasteiger partial charge in [-0.25, -0.2) is 4.98 Å². The van der Waals surface area contributed by atoms with E-state index in [1.165, 1.54) is 17.1 Å². The number of nitrogens with zero attached hydrogens (tertiary/aromatic N) is 4. The second-order valence-corrected chi connectivity index (χ2v) is 10.2. The van der Waals surface area contributed by atoms with Crippen molar-refractivity contribution >= 4 is 44.9 Å². The second-order valence-electron chi connectivity index (χ2n) is 9.47. The maximum atomic E-state index is 13.4. The largest absolute Gasteiger partial charge is 0.370 e. The SMILES string of the molecule is Cc1cccc(NC(=O)C2CCN(c3c(C(=O)N4CCCC4)cnc4snc(C)c34)CC2)c1C. The molecule has 2 saturated heterocycles. The van der Waals surface area contributed by atoms with Crippen molar-refractivity contribution in [1.29, 1.82) is 0 Å². The molecular weight excluding hydrogens is 446 g/mol. The molecule has 0 saturated carbocycles. The van der Waals surface area contributed by atoms with Crippen molar-refractivity contribution in [2.45, 2.75) is 46.5 Å². The Bertz CT molecular complexity index is 1240. The first-order chi connectivity index (χ1) is 16.4. The summed E-state index contributed by atoms with van der Waals surface area (Å²) in [5.74, 6) is 0.0881. The normalized spacial score (nSPS) is 16.9. The molecule has 8 heteroatoms. The Morgan fingerprint density at radius 3 is 2.53 bits per heavy atom. The zero-order chi connectivity index (χ0) is 23.8. The van der Waals surface area contributed by atoms with E-state index >= 15 is 0 Å². The van der Waals surface area contributed by atoms with E-state index in [0.29, 0.717) is 5.56 Å². The van der Waals surface area contributed by atoms with Crippen LogP contribution in [0.15, 0.2) is 24.4 Å². The number of rotatable bonds is 4. The standard InChI is InChI=1S/C26H31N5O2S/c1-16-7-6-8-21(17(16)2)28-24(32)19-9-13-30(14-10-19)23-20(26(33)31-11-4-5-12-31)15-27-25-22(23)18(3)29-34-25/h6-8,15,19H,4-5,9-14H2,1-3H3,(H,28,32). The Morgan fingerprint density at radius 1 is 1.06 bits per heavy atom. The summed E-state index contributed by atoms with van der Waals surface area (Å²) in [5, 5.41) is 4.12. The van der Waals surface area contributed by atoms with Gasteiger partial charge in [-0.15, -0.1) is 0 Å². The minimum absolute atomic E-state index is 0.0482. The lowest BCUT2D eigenvalue weighted by Gasteiger charge is -2.35. The molecule has 178 valence electrons. The summed E-state index contributed by atoms with van der Waals surface area (Å²) >= 11 is 1.38. The number of pyridine rings is 1. The number of aryl methyl sites for hydroxylation is 2. The maximum Gasteiger partial charge on any atom is 0.257 e. The smallest absolute Gasteiger partial charge is 0.257 e. The van der Waals surface area contributed by atoms with Crippen LogP contribution in [0.5, 0.6) is 0 Å². The third-order valence-electron chi connectivity index (χ3n) is 7.32. The molecule has 5 rings (SSSR count). The average molecular weight is 478 g/mol. The van der Waals surface area contributed by atoms with Crippen LogP contribution >= 0.6 is 11.5 Å². The number of aromatic nitrogens is 2. The molecular formula is C26H31N5O2S. The number of hydrogen-bond acceptors (Lipinski definition) is 6. The summed E-state index contributed by atoms with van der Waals surface area (Å²) < 4.78 is 4.52. The van der Waals surface area contributed by atoms with Gasteiger partial charge in [-0.3, -0.25) is 9.59 Å². The summed E-state index contributed by atoms with van der Waals surface area (Å²) in [6, 6.07) is 6.00. The Morgan fingerprint density at radius 2 is 1.79 bits per heavy atom. The lowest BCUT2D eigenvalue weighted by Crippen LogP contribution is -2.39. The van der Waals surface area contributed by atoms with Crippen molar-refractivity contribution in [1.82, 2.24) is 14.3 Å². The fourth-order valence-electron chi connectivity index (χ4n) is 5.10. The minimum Gasteiger partial charge on any atom is -0.370 e. The number of carbonyl (C=O) groups excluding carboxylic acids is 2. The summed E-state index contributed by atoms with van der Waals surface area (Å²) in [4.78, 5) is 36.1. The average Bonchev–Trinajstić information content (AvgIpc) is 3.52. The van der Waals surface area contributed by atoms with Crippen molar-refractivity contribution < 1.29 is 9.59 Å². The van der Waals surface area contributed by atoms with Gasteiger partial charge >= 0.3 is 0 Å². The van der Waals surface area contributed by atoms with Crippen LogP contribution in [0.2, 0.25) is 0 Å². The number of hydrogen-bond donors (Lipinski definition) is 1. The third kappa shape index (κ3) is 4.15. The number of carbonyl (C=O) groups is 2. The summed E-state index contributed by atoms with van der Waals surface area (Å²) in [6.07, 6.45) is 5.32. The summed E-state index contributed by atoms with van der Waals surface area (Å²) in [6.45, 7) is 9.13. The van der Waals surface area contributed by atoms with E-state index in [9.17, 15) is 9.59 Å². The quantitative estimate of drug-likeness (QED) is 0.589. The molecule has 0 bridgehead atoms. The molecule has 4 heterocycles. The van der Waals surface area contributed by atoms with Crippen LogP contribution < -0.4 is 10.2 Å². The van der Waals surface area contributed by atoms with E-state index < -0.39 is 0 Å². The van der Waals surface area contributed by atoms with Gasteiger partial charge in [0.2, 0.25) is 5.91 Å². The lowest BCUT2D eigenvalue weighted by atomic mass is 9.94. The molecule has 0 radical (unpaired) electrons. The van der Waals surface area contributed by atoms with Gasteiger partial charge in [0.1, 0.15) is 4.83 Å². The fraction of sp³-hybridized carbons (Fsp3) is 0.462. The predicted octanol–water partition coefficient (Wildman–Crippen LogP) is 4.71. The maximum absolute atomic E-state index is 13.4. The highest BCUT2D eigenvalue weighted by Crippen LogP contribution is 2.37. The fourth-order valence-corrected chi connectivity index (χ4v) is 5.85. The molecule has 2 aliphatic heterocycles. The number of benzene rings is 1. The number of anilines is 2. The van der Waals surface area contributed by atoms with Gasteiger partial charge in [0, 0.05) is 44.0 Å². The van der Waals surface area contributed by atoms with Crippen LogP contribution in [0.25, 0.3) is 10.2 Å². The van der Waals surface area contributed by atoms with Gasteiger partial charge in [-0.1, -0.05) is 12.1 Å². The molecule has 1 N–H and O–H groups in total. The van der Waals surface area contributed by atoms with Crippen molar-refractivity contribution in [2.75, 3.05) is 36.4 Å². The van der Waals surface area contributed by atoms with Crippen molar-refractivity contribution in [3.8, 4) is 0 Å². The zero-order valence-electron chi connectivity index (χ0n) is 20.1. The van der Waals surface area contributed by atoms with Gasteiger partial charge < -0.3 is 15.1 Å². The first-order valence-electron chi connectivity index (χ1n) is 12.1. The Hall–Kier alpha value is -3.00. The first-order valence-corrected chi connectivity index (χ1v) is 12.9. The Balaban J connectivity index is 1.37. The summed E-state index contributed by atoms with van der Waals surface area (Å²) in [7, 11) is 0. The predicted molar refractivity (Wildman–Crippen MR) is 137 cm³/mol. The number of amides is 2. The van der Waals surface area contributed by atoms with Crippen LogP contribution in [0.3, 0.4) is 0 Å². The molecule has 0 aliphatic carbocycles. The van der Waals surface area contributed by atoms with Gasteiger partial charge in [0.25, 0.3) is 5.91 Å². The third-order valence-corrected chi connectivity index (χ3v) is 8.16. The van der Waals surface area contributed by atoms with Gasteiger partial charge in [0.05, 0.1) is 22.3 Å². The zero-order valence-corrected chi connectivity index (χ0v) is 20.9. The molecule has 0 unspecified atom stereocenters. The van der Waals surface area contributed by atoms with Gasteiger partial charge in [-0.05, 0) is 75.2 Å². The number of nitrogens with one attached hydrogen (secondary N) is 1. The van der Waals surface area contributed by atoms with Gasteiger partial charge in [-0.2, -0.15) is 4.37 Å². The highest BCUT2D eigenvalue weighted by molar-refractivity contribution is 7.13. The number of piperidine rings is 1. The van der Waals surface area contributed by atoms with Crippen LogP contribution in [0.1, 0.15) is 52.9 Å². The molecule has 0 atom stereocenters. The van der Waals surface area contributed by atoms with E-state index in [0.717, 1.165) is 84.7 Å². The van der Waals surface area contributed by atoms with Crippen molar-refractivity contribution in [3.05, 3.63) is 46.8 Å². The molecule has 34 heavy (non-hydrogen) atoms. The van der Waals surface area contributed by atoms with E-state index in [2.05, 4.69) is 32.6 Å². The van der Waals surface area contributed by atoms with Crippen molar-refractivity contribution in [3.63, 3.8) is 0 Å². The molecule has 0 spiro atoms. The molecule has 1 aromatic carbocycles. The highest BCUT2D eigenvalue weighted by atomic mass is 32.1. The molecule has 2 amide bonds. The van der Waals surface area contributed by atoms with Crippen molar-refractivity contribution in [2.24, 2.45) is 5.92 Å².